The minimum Gasteiger partial charge on any atom is -0.369 e. The molecule has 0 spiro atoms. The second-order valence-corrected chi connectivity index (χ2v) is 4.25. The summed E-state index contributed by atoms with van der Waals surface area (Å²) in [5, 5.41) is 8.43. The molecule has 1 heterocycles. The highest BCUT2D eigenvalue weighted by Gasteiger charge is 2.03. The van der Waals surface area contributed by atoms with E-state index in [-0.39, 0.29) is 0 Å². The Kier molecular flexibility index (Phi) is 4.36. The van der Waals surface area contributed by atoms with Crippen molar-refractivity contribution in [2.75, 3.05) is 18.4 Å². The minimum atomic E-state index is 0.474. The lowest BCUT2D eigenvalue weighted by molar-refractivity contribution is -0.109. The van der Waals surface area contributed by atoms with Gasteiger partial charge in [0, 0.05) is 18.5 Å². The molecule has 1 amide bonds. The van der Waals surface area contributed by atoms with E-state index in [1.807, 2.05) is 30.3 Å². The van der Waals surface area contributed by atoms with Crippen LogP contribution in [0.15, 0.2) is 30.3 Å². The summed E-state index contributed by atoms with van der Waals surface area (Å²) in [6.45, 7) is 1.38. The molecule has 1 aromatic heterocycles. The van der Waals surface area contributed by atoms with Crippen LogP contribution in [0.25, 0.3) is 10.8 Å². The molecule has 0 atom stereocenters. The van der Waals surface area contributed by atoms with Gasteiger partial charge in [0.05, 0.1) is 0 Å². The minimum absolute atomic E-state index is 0.474. The summed E-state index contributed by atoms with van der Waals surface area (Å²) >= 11 is 5.98. The lowest BCUT2D eigenvalue weighted by Crippen LogP contribution is -2.16. The lowest BCUT2D eigenvalue weighted by atomic mass is 10.1. The maximum Gasteiger partial charge on any atom is 0.207 e. The van der Waals surface area contributed by atoms with Gasteiger partial charge in [-0.1, -0.05) is 35.9 Å². The molecule has 0 aliphatic carbocycles. The van der Waals surface area contributed by atoms with Gasteiger partial charge in [-0.2, -0.15) is 0 Å². The molecule has 0 bridgehead atoms. The van der Waals surface area contributed by atoms with Gasteiger partial charge in [-0.3, -0.25) is 4.79 Å². The van der Waals surface area contributed by atoms with Crippen molar-refractivity contribution in [2.45, 2.75) is 6.42 Å². The number of carbonyl (C=O) groups is 1. The van der Waals surface area contributed by atoms with Crippen LogP contribution in [-0.2, 0) is 4.79 Å². The maximum atomic E-state index is 10.1. The lowest BCUT2D eigenvalue weighted by Gasteiger charge is -2.09. The van der Waals surface area contributed by atoms with Crippen LogP contribution >= 0.6 is 11.6 Å². The molecule has 0 fully saturated rings. The third-order valence-electron chi connectivity index (χ3n) is 2.58. The number of hydrogen-bond acceptors (Lipinski definition) is 3. The van der Waals surface area contributed by atoms with Gasteiger partial charge < -0.3 is 10.6 Å². The highest BCUT2D eigenvalue weighted by atomic mass is 35.5. The predicted octanol–water partition coefficient (Wildman–Crippen LogP) is 2.44. The quantitative estimate of drug-likeness (QED) is 0.478. The Bertz CT molecular complexity index is 545. The molecular weight excluding hydrogens is 250 g/mol. The fraction of sp³-hybridized carbons (Fsp3) is 0.231. The van der Waals surface area contributed by atoms with Crippen LogP contribution in [0.1, 0.15) is 6.42 Å². The van der Waals surface area contributed by atoms with E-state index in [1.165, 1.54) is 0 Å². The van der Waals surface area contributed by atoms with Gasteiger partial charge in [-0.25, -0.2) is 4.98 Å². The molecule has 5 heteroatoms. The van der Waals surface area contributed by atoms with Crippen LogP contribution in [0.4, 0.5) is 5.82 Å². The van der Waals surface area contributed by atoms with E-state index in [1.54, 1.807) is 0 Å². The average Bonchev–Trinajstić information content (AvgIpc) is 2.38. The molecule has 0 saturated heterocycles. The zero-order valence-electron chi connectivity index (χ0n) is 9.82. The standard InChI is InChI=1S/C13H14ClN3O/c14-12-8-10-4-1-2-5-11(10)13(17-12)16-7-3-6-15-9-18/h1-2,4-5,8-9H,3,6-7H2,(H,15,18)(H,16,17). The Morgan fingerprint density at radius 2 is 2.11 bits per heavy atom. The number of fused-ring (bicyclic) bond motifs is 1. The molecule has 1 aromatic carbocycles. The van der Waals surface area contributed by atoms with E-state index in [9.17, 15) is 4.79 Å². The molecule has 2 N–H and O–H groups in total. The summed E-state index contributed by atoms with van der Waals surface area (Å²) < 4.78 is 0. The van der Waals surface area contributed by atoms with Gasteiger partial charge in [0.1, 0.15) is 11.0 Å². The second-order valence-electron chi connectivity index (χ2n) is 3.87. The molecule has 0 aliphatic heterocycles. The monoisotopic (exact) mass is 263 g/mol. The van der Waals surface area contributed by atoms with Crippen LogP contribution in [0.5, 0.6) is 0 Å². The Morgan fingerprint density at radius 1 is 1.28 bits per heavy atom. The second kappa shape index (κ2) is 6.21. The summed E-state index contributed by atoms with van der Waals surface area (Å²) in [5.41, 5.74) is 0. The van der Waals surface area contributed by atoms with Crippen molar-refractivity contribution in [3.63, 3.8) is 0 Å². The molecule has 0 saturated carbocycles. The Balaban J connectivity index is 2.09. The van der Waals surface area contributed by atoms with E-state index in [0.29, 0.717) is 18.1 Å². The van der Waals surface area contributed by atoms with Gasteiger partial charge in [0.25, 0.3) is 0 Å². The van der Waals surface area contributed by atoms with E-state index in [4.69, 9.17) is 11.6 Å². The smallest absolute Gasteiger partial charge is 0.207 e. The van der Waals surface area contributed by atoms with E-state index in [0.717, 1.165) is 29.6 Å². The van der Waals surface area contributed by atoms with Gasteiger partial charge in [0.15, 0.2) is 0 Å². The van der Waals surface area contributed by atoms with Crippen molar-refractivity contribution in [2.24, 2.45) is 0 Å². The molecule has 2 aromatic rings. The SMILES string of the molecule is O=CNCCCNc1nc(Cl)cc2ccccc12. The molecule has 94 valence electrons. The molecule has 2 rings (SSSR count). The zero-order valence-corrected chi connectivity index (χ0v) is 10.6. The number of pyridine rings is 1. The Hall–Kier alpha value is -1.81. The van der Waals surface area contributed by atoms with Crippen LogP contribution in [0, 0.1) is 0 Å². The van der Waals surface area contributed by atoms with Crippen LogP contribution in [-0.4, -0.2) is 24.5 Å². The number of amides is 1. The molecule has 0 aliphatic rings. The van der Waals surface area contributed by atoms with Crippen molar-refractivity contribution < 1.29 is 4.79 Å². The van der Waals surface area contributed by atoms with Gasteiger partial charge in [-0.15, -0.1) is 0 Å². The Morgan fingerprint density at radius 3 is 2.94 bits per heavy atom. The average molecular weight is 264 g/mol. The highest BCUT2D eigenvalue weighted by Crippen LogP contribution is 2.24. The molecule has 0 radical (unpaired) electrons. The number of nitrogens with one attached hydrogen (secondary N) is 2. The van der Waals surface area contributed by atoms with Gasteiger partial charge >= 0.3 is 0 Å². The van der Waals surface area contributed by atoms with Gasteiger partial charge in [0.2, 0.25) is 6.41 Å². The van der Waals surface area contributed by atoms with Crippen molar-refractivity contribution in [3.05, 3.63) is 35.5 Å². The van der Waals surface area contributed by atoms with Gasteiger partial charge in [-0.05, 0) is 17.9 Å². The van der Waals surface area contributed by atoms with Crippen molar-refractivity contribution in [1.29, 1.82) is 0 Å². The normalized spacial score (nSPS) is 10.3. The number of rotatable bonds is 6. The maximum absolute atomic E-state index is 10.1. The third-order valence-corrected chi connectivity index (χ3v) is 2.78. The first kappa shape index (κ1) is 12.6. The van der Waals surface area contributed by atoms with E-state index in [2.05, 4.69) is 15.6 Å². The number of halogens is 1. The van der Waals surface area contributed by atoms with Crippen molar-refractivity contribution in [1.82, 2.24) is 10.3 Å². The van der Waals surface area contributed by atoms with Crippen LogP contribution < -0.4 is 10.6 Å². The predicted molar refractivity (Wildman–Crippen MR) is 73.9 cm³/mol. The number of anilines is 1. The van der Waals surface area contributed by atoms with Crippen molar-refractivity contribution >= 4 is 34.6 Å². The number of aromatic nitrogens is 1. The first-order valence-corrected chi connectivity index (χ1v) is 6.15. The summed E-state index contributed by atoms with van der Waals surface area (Å²) in [6, 6.07) is 9.79. The highest BCUT2D eigenvalue weighted by molar-refractivity contribution is 6.30. The first-order valence-electron chi connectivity index (χ1n) is 5.77. The topological polar surface area (TPSA) is 54.0 Å². The summed E-state index contributed by atoms with van der Waals surface area (Å²) in [7, 11) is 0. The number of benzene rings is 1. The first-order chi connectivity index (χ1) is 8.81. The van der Waals surface area contributed by atoms with E-state index < -0.39 is 0 Å². The summed E-state index contributed by atoms with van der Waals surface area (Å²) in [5.74, 6) is 0.782. The molecular formula is C13H14ClN3O. The summed E-state index contributed by atoms with van der Waals surface area (Å²) in [6.07, 6.45) is 1.54. The fourth-order valence-electron chi connectivity index (χ4n) is 1.76. The number of carbonyl (C=O) groups excluding carboxylic acids is 1. The fourth-order valence-corrected chi connectivity index (χ4v) is 1.96. The molecule has 0 unspecified atom stereocenters. The largest absolute Gasteiger partial charge is 0.369 e. The number of nitrogens with zero attached hydrogens (tertiary/aromatic N) is 1. The van der Waals surface area contributed by atoms with Crippen LogP contribution in [0.3, 0.4) is 0 Å². The van der Waals surface area contributed by atoms with Crippen molar-refractivity contribution in [3.8, 4) is 0 Å². The third kappa shape index (κ3) is 3.11. The summed E-state index contributed by atoms with van der Waals surface area (Å²) in [4.78, 5) is 14.4. The van der Waals surface area contributed by atoms with Crippen LogP contribution in [0.2, 0.25) is 5.15 Å². The van der Waals surface area contributed by atoms with E-state index >= 15 is 0 Å². The zero-order chi connectivity index (χ0) is 12.8. The Labute approximate surface area is 110 Å². The molecule has 4 nitrogen and oxygen atoms in total. The molecule has 18 heavy (non-hydrogen) atoms. The number of hydrogen-bond donors (Lipinski definition) is 2.